The van der Waals surface area contributed by atoms with E-state index < -0.39 is 0 Å². The van der Waals surface area contributed by atoms with E-state index in [4.69, 9.17) is 5.73 Å². The van der Waals surface area contributed by atoms with Crippen LogP contribution < -0.4 is 5.73 Å². The first kappa shape index (κ1) is 14.5. The van der Waals surface area contributed by atoms with Gasteiger partial charge < -0.3 is 10.6 Å². The number of carbonyl (C=O) groups excluding carboxylic acids is 1. The lowest BCUT2D eigenvalue weighted by Gasteiger charge is -2.33. The van der Waals surface area contributed by atoms with Gasteiger partial charge in [-0.1, -0.05) is 27.2 Å². The van der Waals surface area contributed by atoms with Gasteiger partial charge in [-0.3, -0.25) is 4.79 Å². The molecular weight excluding hydrogens is 212 g/mol. The van der Waals surface area contributed by atoms with Crippen molar-refractivity contribution >= 4 is 5.91 Å². The van der Waals surface area contributed by atoms with Crippen LogP contribution in [0.5, 0.6) is 0 Å². The maximum atomic E-state index is 12.3. The fourth-order valence-corrected chi connectivity index (χ4v) is 2.58. The highest BCUT2D eigenvalue weighted by atomic mass is 16.2. The van der Waals surface area contributed by atoms with Crippen LogP contribution in [0, 0.1) is 17.8 Å². The van der Waals surface area contributed by atoms with E-state index >= 15 is 0 Å². The van der Waals surface area contributed by atoms with Gasteiger partial charge in [-0.15, -0.1) is 0 Å². The van der Waals surface area contributed by atoms with Crippen LogP contribution in [0.15, 0.2) is 0 Å². The summed E-state index contributed by atoms with van der Waals surface area (Å²) >= 11 is 0. The summed E-state index contributed by atoms with van der Waals surface area (Å²) in [7, 11) is 1.93. The summed E-state index contributed by atoms with van der Waals surface area (Å²) < 4.78 is 0. The van der Waals surface area contributed by atoms with Crippen LogP contribution >= 0.6 is 0 Å². The van der Waals surface area contributed by atoms with Crippen molar-refractivity contribution in [2.45, 2.75) is 52.5 Å². The van der Waals surface area contributed by atoms with Crippen LogP contribution in [0.1, 0.15) is 46.5 Å². The smallest absolute Gasteiger partial charge is 0.225 e. The molecule has 1 amide bonds. The fourth-order valence-electron chi connectivity index (χ4n) is 2.58. The Balaban J connectivity index is 2.47. The quantitative estimate of drug-likeness (QED) is 0.819. The van der Waals surface area contributed by atoms with Gasteiger partial charge in [0.05, 0.1) is 0 Å². The number of amides is 1. The third-order valence-corrected chi connectivity index (χ3v) is 4.27. The largest absolute Gasteiger partial charge is 0.345 e. The van der Waals surface area contributed by atoms with Crippen molar-refractivity contribution < 1.29 is 4.79 Å². The SMILES string of the molecule is CCC(C)CN(C)C(=O)C1CCC(C)C(N)C1. The molecule has 3 heteroatoms. The normalized spacial score (nSPS) is 31.0. The van der Waals surface area contributed by atoms with E-state index in [2.05, 4.69) is 20.8 Å². The summed E-state index contributed by atoms with van der Waals surface area (Å²) in [5, 5.41) is 0. The average Bonchev–Trinajstić information content (AvgIpc) is 2.31. The minimum absolute atomic E-state index is 0.162. The van der Waals surface area contributed by atoms with Crippen molar-refractivity contribution in [2.24, 2.45) is 23.5 Å². The molecule has 0 aliphatic heterocycles. The summed E-state index contributed by atoms with van der Waals surface area (Å²) in [5.41, 5.74) is 6.06. The average molecular weight is 240 g/mol. The first-order chi connectivity index (χ1) is 7.95. The van der Waals surface area contributed by atoms with Crippen LogP contribution in [-0.2, 0) is 4.79 Å². The van der Waals surface area contributed by atoms with Crippen LogP contribution in [0.25, 0.3) is 0 Å². The molecule has 0 bridgehead atoms. The van der Waals surface area contributed by atoms with Crippen LogP contribution in [0.4, 0.5) is 0 Å². The molecule has 17 heavy (non-hydrogen) atoms. The molecule has 0 aromatic carbocycles. The van der Waals surface area contributed by atoms with Gasteiger partial charge in [0.2, 0.25) is 5.91 Å². The maximum Gasteiger partial charge on any atom is 0.225 e. The van der Waals surface area contributed by atoms with E-state index in [-0.39, 0.29) is 12.0 Å². The molecule has 1 fully saturated rings. The molecule has 0 spiro atoms. The summed E-state index contributed by atoms with van der Waals surface area (Å²) in [6.07, 6.45) is 4.09. The van der Waals surface area contributed by atoms with Crippen molar-refractivity contribution in [2.75, 3.05) is 13.6 Å². The van der Waals surface area contributed by atoms with Crippen molar-refractivity contribution in [3.8, 4) is 0 Å². The zero-order valence-corrected chi connectivity index (χ0v) is 11.8. The molecule has 0 saturated heterocycles. The highest BCUT2D eigenvalue weighted by Crippen LogP contribution is 2.28. The molecule has 0 radical (unpaired) electrons. The zero-order valence-electron chi connectivity index (χ0n) is 11.8. The summed E-state index contributed by atoms with van der Waals surface area (Å²) in [4.78, 5) is 14.2. The lowest BCUT2D eigenvalue weighted by Crippen LogP contribution is -2.43. The molecule has 3 nitrogen and oxygen atoms in total. The number of carbonyl (C=O) groups is 1. The molecule has 1 aliphatic rings. The third kappa shape index (κ3) is 3.98. The predicted octanol–water partition coefficient (Wildman–Crippen LogP) is 2.25. The number of hydrogen-bond donors (Lipinski definition) is 1. The Bertz CT molecular complexity index is 255. The Labute approximate surface area is 106 Å². The third-order valence-electron chi connectivity index (χ3n) is 4.27. The Hall–Kier alpha value is -0.570. The van der Waals surface area contributed by atoms with E-state index in [0.29, 0.717) is 17.7 Å². The van der Waals surface area contributed by atoms with Gasteiger partial charge in [0.25, 0.3) is 0 Å². The molecule has 4 atom stereocenters. The zero-order chi connectivity index (χ0) is 13.0. The molecule has 2 N–H and O–H groups in total. The maximum absolute atomic E-state index is 12.3. The topological polar surface area (TPSA) is 46.3 Å². The van der Waals surface area contributed by atoms with Crippen LogP contribution in [0.2, 0.25) is 0 Å². The first-order valence-corrected chi connectivity index (χ1v) is 6.96. The van der Waals surface area contributed by atoms with Crippen molar-refractivity contribution in [3.63, 3.8) is 0 Å². The van der Waals surface area contributed by atoms with Gasteiger partial charge in [0.1, 0.15) is 0 Å². The second-order valence-electron chi connectivity index (χ2n) is 5.88. The number of hydrogen-bond acceptors (Lipinski definition) is 2. The van der Waals surface area contributed by atoms with Crippen molar-refractivity contribution in [3.05, 3.63) is 0 Å². The molecule has 0 aromatic rings. The molecule has 4 unspecified atom stereocenters. The molecule has 1 rings (SSSR count). The predicted molar refractivity (Wildman–Crippen MR) is 71.6 cm³/mol. The summed E-state index contributed by atoms with van der Waals surface area (Å²) in [6, 6.07) is 0.203. The number of rotatable bonds is 4. The monoisotopic (exact) mass is 240 g/mol. The van der Waals surface area contributed by atoms with Gasteiger partial charge in [0.15, 0.2) is 0 Å². The fraction of sp³-hybridized carbons (Fsp3) is 0.929. The van der Waals surface area contributed by atoms with Crippen LogP contribution in [0.3, 0.4) is 0 Å². The van der Waals surface area contributed by atoms with E-state index in [1.165, 1.54) is 0 Å². The van der Waals surface area contributed by atoms with Gasteiger partial charge in [-0.25, -0.2) is 0 Å². The first-order valence-electron chi connectivity index (χ1n) is 6.96. The Morgan fingerprint density at radius 3 is 2.65 bits per heavy atom. The molecule has 1 saturated carbocycles. The van der Waals surface area contributed by atoms with Gasteiger partial charge in [-0.2, -0.15) is 0 Å². The Morgan fingerprint density at radius 1 is 1.47 bits per heavy atom. The minimum Gasteiger partial charge on any atom is -0.345 e. The van der Waals surface area contributed by atoms with Crippen molar-refractivity contribution in [1.82, 2.24) is 4.90 Å². The van der Waals surface area contributed by atoms with Crippen molar-refractivity contribution in [1.29, 1.82) is 0 Å². The van der Waals surface area contributed by atoms with Crippen LogP contribution in [-0.4, -0.2) is 30.4 Å². The second kappa shape index (κ2) is 6.39. The number of nitrogens with zero attached hydrogens (tertiary/aromatic N) is 1. The lowest BCUT2D eigenvalue weighted by atomic mass is 9.79. The van der Waals surface area contributed by atoms with E-state index in [9.17, 15) is 4.79 Å². The second-order valence-corrected chi connectivity index (χ2v) is 5.88. The van der Waals surface area contributed by atoms with Gasteiger partial charge in [-0.05, 0) is 31.1 Å². The highest BCUT2D eigenvalue weighted by molar-refractivity contribution is 5.78. The van der Waals surface area contributed by atoms with E-state index in [1.807, 2.05) is 11.9 Å². The summed E-state index contributed by atoms with van der Waals surface area (Å²) in [5.74, 6) is 1.61. The Kier molecular flexibility index (Phi) is 5.44. The van der Waals surface area contributed by atoms with E-state index in [1.54, 1.807) is 0 Å². The minimum atomic E-state index is 0.162. The molecule has 0 heterocycles. The summed E-state index contributed by atoms with van der Waals surface area (Å²) in [6.45, 7) is 7.42. The number of nitrogens with two attached hydrogens (primary N) is 1. The highest BCUT2D eigenvalue weighted by Gasteiger charge is 2.31. The van der Waals surface area contributed by atoms with Gasteiger partial charge in [0, 0.05) is 25.6 Å². The molecule has 100 valence electrons. The van der Waals surface area contributed by atoms with E-state index in [0.717, 1.165) is 32.2 Å². The standard InChI is InChI=1S/C14H28N2O/c1-5-10(2)9-16(4)14(17)12-7-6-11(3)13(15)8-12/h10-13H,5-9,15H2,1-4H3. The lowest BCUT2D eigenvalue weighted by molar-refractivity contribution is -0.136. The Morgan fingerprint density at radius 2 is 2.12 bits per heavy atom. The molecule has 0 aromatic heterocycles. The molecule has 1 aliphatic carbocycles. The molecular formula is C14H28N2O. The van der Waals surface area contributed by atoms with Gasteiger partial charge >= 0.3 is 0 Å².